The second-order valence-corrected chi connectivity index (χ2v) is 5.44. The summed E-state index contributed by atoms with van der Waals surface area (Å²) in [4.78, 5) is 15.7. The molecule has 2 aromatic rings. The second kappa shape index (κ2) is 4.88. The summed E-state index contributed by atoms with van der Waals surface area (Å²) in [7, 11) is 0. The lowest BCUT2D eigenvalue weighted by atomic mass is 10.2. The van der Waals surface area contributed by atoms with Crippen molar-refractivity contribution in [2.24, 2.45) is 0 Å². The van der Waals surface area contributed by atoms with Crippen LogP contribution < -0.4 is 0 Å². The smallest absolute Gasteiger partial charge is 0.213 e. The molecule has 17 heavy (non-hydrogen) atoms. The minimum atomic E-state index is -0.201. The number of Topliss-reactive ketones (excluding diaryl/α,β-unsaturated/α-hetero) is 1. The molecular formula is C10H5Cl2N3OS. The molecule has 0 N–H and O–H groups in total. The Morgan fingerprint density at radius 2 is 2.35 bits per heavy atom. The van der Waals surface area contributed by atoms with Crippen molar-refractivity contribution in [1.29, 1.82) is 5.26 Å². The van der Waals surface area contributed by atoms with Crippen LogP contribution in [0.4, 0.5) is 0 Å². The van der Waals surface area contributed by atoms with Crippen molar-refractivity contribution in [2.75, 3.05) is 0 Å². The molecule has 0 aliphatic carbocycles. The quantitative estimate of drug-likeness (QED) is 0.815. The number of halogens is 2. The lowest BCUT2D eigenvalue weighted by molar-refractivity contribution is 0.0972. The maximum atomic E-state index is 11.9. The van der Waals surface area contributed by atoms with Crippen LogP contribution in [0.15, 0.2) is 18.5 Å². The Morgan fingerprint density at radius 3 is 2.94 bits per heavy atom. The van der Waals surface area contributed by atoms with E-state index in [1.807, 2.05) is 6.07 Å². The molecule has 0 spiro atoms. The fourth-order valence-corrected chi connectivity index (χ4v) is 2.82. The predicted molar refractivity (Wildman–Crippen MR) is 65.6 cm³/mol. The molecule has 0 radical (unpaired) electrons. The molecule has 0 fully saturated rings. The van der Waals surface area contributed by atoms with E-state index < -0.39 is 0 Å². The van der Waals surface area contributed by atoms with Gasteiger partial charge in [0.15, 0.2) is 5.78 Å². The number of nitriles is 1. The van der Waals surface area contributed by atoms with E-state index in [1.165, 1.54) is 16.8 Å². The topological polar surface area (TPSA) is 58.7 Å². The highest BCUT2D eigenvalue weighted by atomic mass is 35.5. The molecule has 0 unspecified atom stereocenters. The molecule has 7 heteroatoms. The van der Waals surface area contributed by atoms with Crippen LogP contribution in [-0.4, -0.2) is 15.3 Å². The Bertz CT molecular complexity index is 611. The minimum absolute atomic E-state index is 0.0235. The van der Waals surface area contributed by atoms with Crippen LogP contribution >= 0.6 is 34.5 Å². The summed E-state index contributed by atoms with van der Waals surface area (Å²) in [5, 5.41) is 8.76. The van der Waals surface area contributed by atoms with Crippen LogP contribution in [0.1, 0.15) is 16.2 Å². The van der Waals surface area contributed by atoms with Gasteiger partial charge in [-0.25, -0.2) is 4.98 Å². The third kappa shape index (κ3) is 2.50. The van der Waals surface area contributed by atoms with Crippen LogP contribution in [-0.2, 0) is 6.54 Å². The van der Waals surface area contributed by atoms with Gasteiger partial charge in [-0.15, -0.1) is 11.3 Å². The number of imidazole rings is 1. The number of nitrogens with zero attached hydrogens (tertiary/aromatic N) is 3. The summed E-state index contributed by atoms with van der Waals surface area (Å²) in [6, 6.07) is 3.42. The molecule has 0 saturated carbocycles. The van der Waals surface area contributed by atoms with Crippen molar-refractivity contribution >= 4 is 40.3 Å². The van der Waals surface area contributed by atoms with E-state index >= 15 is 0 Å². The van der Waals surface area contributed by atoms with Gasteiger partial charge in [0.25, 0.3) is 0 Å². The highest BCUT2D eigenvalue weighted by Crippen LogP contribution is 2.31. The fraction of sp³-hybridized carbons (Fsp3) is 0.100. The molecule has 0 saturated heterocycles. The summed E-state index contributed by atoms with van der Waals surface area (Å²) in [5.74, 6) is -0.0107. The molecule has 0 bridgehead atoms. The standard InChI is InChI=1S/C10H5Cl2N3OS/c11-8-3-6(10(12)17-8)7(16)5-15-2-1-14-9(15)4-13/h1-3H,5H2. The Kier molecular flexibility index (Phi) is 3.48. The first-order valence-electron chi connectivity index (χ1n) is 4.51. The van der Waals surface area contributed by atoms with Gasteiger partial charge < -0.3 is 4.57 Å². The first-order chi connectivity index (χ1) is 8.11. The van der Waals surface area contributed by atoms with E-state index in [9.17, 15) is 4.79 Å². The second-order valence-electron chi connectivity index (χ2n) is 3.15. The summed E-state index contributed by atoms with van der Waals surface area (Å²) >= 11 is 12.8. The van der Waals surface area contributed by atoms with Gasteiger partial charge in [0.1, 0.15) is 10.4 Å². The number of aromatic nitrogens is 2. The van der Waals surface area contributed by atoms with E-state index in [2.05, 4.69) is 4.98 Å². The third-order valence-electron chi connectivity index (χ3n) is 2.09. The van der Waals surface area contributed by atoms with Gasteiger partial charge in [-0.1, -0.05) is 23.2 Å². The molecule has 0 atom stereocenters. The van der Waals surface area contributed by atoms with E-state index in [0.717, 1.165) is 11.3 Å². The molecule has 0 aromatic carbocycles. The highest BCUT2D eigenvalue weighted by molar-refractivity contribution is 7.20. The Morgan fingerprint density at radius 1 is 1.59 bits per heavy atom. The van der Waals surface area contributed by atoms with Crippen LogP contribution in [0, 0.1) is 11.3 Å². The zero-order valence-corrected chi connectivity index (χ0v) is 10.7. The molecule has 86 valence electrons. The van der Waals surface area contributed by atoms with Gasteiger partial charge in [0.05, 0.1) is 16.4 Å². The average Bonchev–Trinajstić information content (AvgIpc) is 2.84. The number of thiophene rings is 1. The summed E-state index contributed by atoms with van der Waals surface area (Å²) in [6.07, 6.45) is 3.03. The zero-order valence-electron chi connectivity index (χ0n) is 8.35. The van der Waals surface area contributed by atoms with Crippen molar-refractivity contribution in [3.8, 4) is 6.07 Å². The lowest BCUT2D eigenvalue weighted by Crippen LogP contribution is -2.11. The highest BCUT2D eigenvalue weighted by Gasteiger charge is 2.15. The first kappa shape index (κ1) is 12.1. The Hall–Kier alpha value is -1.35. The number of ketones is 1. The maximum Gasteiger partial charge on any atom is 0.213 e. The van der Waals surface area contributed by atoms with E-state index in [-0.39, 0.29) is 18.2 Å². The number of hydrogen-bond donors (Lipinski definition) is 0. The third-order valence-corrected chi connectivity index (χ3v) is 3.57. The maximum absolute atomic E-state index is 11.9. The largest absolute Gasteiger partial charge is 0.315 e. The van der Waals surface area contributed by atoms with Gasteiger partial charge >= 0.3 is 0 Å². The first-order valence-corrected chi connectivity index (χ1v) is 6.08. The molecule has 2 heterocycles. The Labute approximate surface area is 111 Å². The van der Waals surface area contributed by atoms with Crippen LogP contribution in [0.3, 0.4) is 0 Å². The van der Waals surface area contributed by atoms with Gasteiger partial charge in [0.2, 0.25) is 5.82 Å². The van der Waals surface area contributed by atoms with Gasteiger partial charge in [-0.3, -0.25) is 4.79 Å². The SMILES string of the molecule is N#Cc1nccn1CC(=O)c1cc(Cl)sc1Cl. The summed E-state index contributed by atoms with van der Waals surface area (Å²) in [6.45, 7) is 0.0235. The molecule has 0 aliphatic rings. The molecule has 4 nitrogen and oxygen atoms in total. The van der Waals surface area contributed by atoms with Crippen molar-refractivity contribution in [2.45, 2.75) is 6.54 Å². The normalized spacial score (nSPS) is 10.2. The Balaban J connectivity index is 2.24. The van der Waals surface area contributed by atoms with Crippen LogP contribution in [0.2, 0.25) is 8.67 Å². The van der Waals surface area contributed by atoms with Crippen molar-refractivity contribution < 1.29 is 4.79 Å². The average molecular weight is 286 g/mol. The monoisotopic (exact) mass is 285 g/mol. The fourth-order valence-electron chi connectivity index (χ4n) is 1.32. The molecule has 0 aliphatic heterocycles. The van der Waals surface area contributed by atoms with Crippen LogP contribution in [0.5, 0.6) is 0 Å². The molecular weight excluding hydrogens is 281 g/mol. The summed E-state index contributed by atoms with van der Waals surface area (Å²) in [5.41, 5.74) is 0.374. The van der Waals surface area contributed by atoms with Crippen molar-refractivity contribution in [3.05, 3.63) is 38.5 Å². The number of rotatable bonds is 3. The van der Waals surface area contributed by atoms with E-state index in [1.54, 1.807) is 6.20 Å². The number of carbonyl (C=O) groups excluding carboxylic acids is 1. The molecule has 2 aromatic heterocycles. The summed E-state index contributed by atoms with van der Waals surface area (Å²) < 4.78 is 2.28. The lowest BCUT2D eigenvalue weighted by Gasteiger charge is -2.01. The zero-order chi connectivity index (χ0) is 12.4. The van der Waals surface area contributed by atoms with Crippen LogP contribution in [0.25, 0.3) is 0 Å². The molecule has 2 rings (SSSR count). The van der Waals surface area contributed by atoms with Crippen molar-refractivity contribution in [1.82, 2.24) is 9.55 Å². The van der Waals surface area contributed by atoms with Gasteiger partial charge in [-0.05, 0) is 6.07 Å². The van der Waals surface area contributed by atoms with E-state index in [0.29, 0.717) is 14.2 Å². The number of hydrogen-bond acceptors (Lipinski definition) is 4. The van der Waals surface area contributed by atoms with Gasteiger partial charge in [0, 0.05) is 12.4 Å². The predicted octanol–water partition coefficient (Wildman–Crippen LogP) is 3.01. The molecule has 0 amide bonds. The van der Waals surface area contributed by atoms with Gasteiger partial charge in [-0.2, -0.15) is 5.26 Å². The van der Waals surface area contributed by atoms with Crippen molar-refractivity contribution in [3.63, 3.8) is 0 Å². The van der Waals surface area contributed by atoms with E-state index in [4.69, 9.17) is 28.5 Å². The number of carbonyl (C=O) groups is 1. The minimum Gasteiger partial charge on any atom is -0.315 e.